The molecule has 10 nitrogen and oxygen atoms in total. The molecule has 2 amide bonds. The first-order valence-electron chi connectivity index (χ1n) is 13.7. The van der Waals surface area contributed by atoms with Crippen LogP contribution in [0.15, 0.2) is 46.6 Å². The Bertz CT molecular complexity index is 1550. The van der Waals surface area contributed by atoms with E-state index in [1.165, 1.54) is 12.1 Å². The van der Waals surface area contributed by atoms with Crippen LogP contribution in [0.1, 0.15) is 56.5 Å². The number of fused-ring (bicyclic) bond motifs is 1. The van der Waals surface area contributed by atoms with Gasteiger partial charge in [0.05, 0.1) is 25.1 Å². The van der Waals surface area contributed by atoms with Crippen LogP contribution in [0, 0.1) is 11.8 Å². The Kier molecular flexibility index (Phi) is 8.19. The predicted octanol–water partition coefficient (Wildman–Crippen LogP) is 4.88. The Hall–Kier alpha value is -4.42. The van der Waals surface area contributed by atoms with Gasteiger partial charge < -0.3 is 14.5 Å². The number of ether oxygens (including phenoxy) is 2. The van der Waals surface area contributed by atoms with Crippen LogP contribution in [0.5, 0.6) is 11.5 Å². The second-order valence-corrected chi connectivity index (χ2v) is 10.4. The van der Waals surface area contributed by atoms with E-state index in [0.717, 1.165) is 11.3 Å². The maximum absolute atomic E-state index is 13.4. The number of amides is 2. The summed E-state index contributed by atoms with van der Waals surface area (Å²) in [6, 6.07) is 10.7. The lowest BCUT2D eigenvalue weighted by Crippen LogP contribution is -2.37. The van der Waals surface area contributed by atoms with Gasteiger partial charge in [0.25, 0.3) is 0 Å². The van der Waals surface area contributed by atoms with Crippen LogP contribution >= 0.6 is 0 Å². The first kappa shape index (κ1) is 29.1. The van der Waals surface area contributed by atoms with E-state index in [2.05, 4.69) is 25.6 Å². The third-order valence-corrected chi connectivity index (χ3v) is 7.28. The number of hydrogen-bond acceptors (Lipinski definition) is 7. The van der Waals surface area contributed by atoms with Crippen LogP contribution in [0.25, 0.3) is 11.0 Å². The molecule has 0 fully saturated rings. The van der Waals surface area contributed by atoms with Gasteiger partial charge in [0.2, 0.25) is 17.6 Å². The number of nitrogens with zero attached hydrogens (tertiary/aromatic N) is 4. The fourth-order valence-corrected chi connectivity index (χ4v) is 5.10. The van der Waals surface area contributed by atoms with Crippen LogP contribution in [-0.2, 0) is 15.8 Å². The number of imidazole rings is 1. The van der Waals surface area contributed by atoms with Crippen LogP contribution in [-0.4, -0.2) is 58.5 Å². The predicted molar refractivity (Wildman–Crippen MR) is 149 cm³/mol. The molecule has 222 valence electrons. The Morgan fingerprint density at radius 1 is 1.00 bits per heavy atom. The lowest BCUT2D eigenvalue weighted by molar-refractivity contribution is -0.144. The number of alkyl halides is 3. The van der Waals surface area contributed by atoms with E-state index >= 15 is 0 Å². The normalized spacial score (nSPS) is 19.4. The molecule has 0 radical (unpaired) electrons. The van der Waals surface area contributed by atoms with Crippen molar-refractivity contribution in [3.8, 4) is 11.5 Å². The smallest absolute Gasteiger partial charge is 0.449 e. The highest BCUT2D eigenvalue weighted by molar-refractivity contribution is 6.13. The monoisotopic (exact) mass is 584 g/mol. The number of halogens is 3. The maximum atomic E-state index is 13.4. The zero-order valence-electron chi connectivity index (χ0n) is 23.4. The second kappa shape index (κ2) is 11.8. The van der Waals surface area contributed by atoms with E-state index in [0.29, 0.717) is 49.4 Å². The average Bonchev–Trinajstić information content (AvgIpc) is 3.41. The van der Waals surface area contributed by atoms with E-state index in [-0.39, 0.29) is 46.9 Å². The molecule has 3 heterocycles. The van der Waals surface area contributed by atoms with Gasteiger partial charge in [-0.3, -0.25) is 9.59 Å². The van der Waals surface area contributed by atoms with Crippen molar-refractivity contribution in [3.63, 3.8) is 0 Å². The molecule has 2 unspecified atom stereocenters. The average molecular weight is 585 g/mol. The van der Waals surface area contributed by atoms with Crippen molar-refractivity contribution in [2.75, 3.05) is 20.3 Å². The number of hydrazone groups is 2. The summed E-state index contributed by atoms with van der Waals surface area (Å²) in [5, 5.41) is 10.1. The van der Waals surface area contributed by atoms with Crippen LogP contribution in [0.3, 0.4) is 0 Å². The number of hydrogen-bond donors (Lipinski definition) is 2. The van der Waals surface area contributed by atoms with Crippen molar-refractivity contribution in [2.45, 2.75) is 45.7 Å². The van der Waals surface area contributed by atoms with E-state index in [4.69, 9.17) is 9.47 Å². The number of carbonyl (C=O) groups is 2. The number of carbonyl (C=O) groups excluding carboxylic acids is 2. The number of aromatic amines is 1. The molecule has 0 saturated carbocycles. The highest BCUT2D eigenvalue weighted by Gasteiger charge is 2.36. The quantitative estimate of drug-likeness (QED) is 0.347. The third-order valence-electron chi connectivity index (χ3n) is 7.28. The van der Waals surface area contributed by atoms with Gasteiger partial charge in [0.1, 0.15) is 22.5 Å². The Morgan fingerprint density at radius 2 is 1.74 bits per heavy atom. The molecular formula is C29H31F3N6O4. The molecule has 3 aromatic rings. The van der Waals surface area contributed by atoms with Crippen molar-refractivity contribution in [3.05, 3.63) is 53.3 Å². The van der Waals surface area contributed by atoms with E-state index in [1.54, 1.807) is 12.1 Å². The number of aromatic nitrogens is 2. The number of unbranched alkanes of at least 4 members (excludes halogenated alkanes) is 1. The van der Waals surface area contributed by atoms with Crippen molar-refractivity contribution in [1.82, 2.24) is 20.4 Å². The van der Waals surface area contributed by atoms with Gasteiger partial charge in [-0.15, -0.1) is 0 Å². The van der Waals surface area contributed by atoms with Gasteiger partial charge in [-0.25, -0.2) is 15.4 Å². The molecule has 2 aliphatic rings. The first-order valence-corrected chi connectivity index (χ1v) is 13.7. The van der Waals surface area contributed by atoms with Gasteiger partial charge >= 0.3 is 6.18 Å². The van der Waals surface area contributed by atoms with Crippen molar-refractivity contribution in [1.29, 1.82) is 0 Å². The van der Waals surface area contributed by atoms with Crippen LogP contribution in [0.2, 0.25) is 0 Å². The molecule has 13 heteroatoms. The molecule has 0 spiro atoms. The molecule has 42 heavy (non-hydrogen) atoms. The highest BCUT2D eigenvalue weighted by Crippen LogP contribution is 2.35. The standard InChI is InChI=1S/C29H31F3N6O4/c1-16-14-22(39)35-36-24(16)18-6-8-19(9-7-18)42-13-5-4-12-38-23(40)15-17(2)25(37-38)20-10-11-21(41-3)27-26(20)33-28(34-27)29(30,31)32/h6-11,16-17H,4-5,12-15H2,1-3H3,(H,33,34)(H,35,39). The number of benzene rings is 2. The minimum atomic E-state index is -4.66. The van der Waals surface area contributed by atoms with E-state index in [1.807, 2.05) is 38.1 Å². The number of H-pyrrole nitrogens is 1. The van der Waals surface area contributed by atoms with Gasteiger partial charge in [0.15, 0.2) is 0 Å². The molecular weight excluding hydrogens is 553 g/mol. The number of rotatable bonds is 9. The third kappa shape index (κ3) is 6.09. The molecule has 2 aromatic carbocycles. The van der Waals surface area contributed by atoms with Gasteiger partial charge in [-0.1, -0.05) is 13.8 Å². The summed E-state index contributed by atoms with van der Waals surface area (Å²) in [4.78, 5) is 30.4. The lowest BCUT2D eigenvalue weighted by atomic mass is 9.92. The van der Waals surface area contributed by atoms with Crippen LogP contribution < -0.4 is 14.9 Å². The molecule has 0 saturated heterocycles. The van der Waals surface area contributed by atoms with Crippen molar-refractivity contribution in [2.24, 2.45) is 22.0 Å². The van der Waals surface area contributed by atoms with E-state index < -0.39 is 12.0 Å². The van der Waals surface area contributed by atoms with Gasteiger partial charge in [-0.05, 0) is 54.8 Å². The van der Waals surface area contributed by atoms with E-state index in [9.17, 15) is 22.8 Å². The topological polar surface area (TPSA) is 121 Å². The minimum absolute atomic E-state index is 0.0292. The molecule has 2 atom stereocenters. The lowest BCUT2D eigenvalue weighted by Gasteiger charge is -2.28. The zero-order valence-corrected chi connectivity index (χ0v) is 23.4. The highest BCUT2D eigenvalue weighted by atomic mass is 19.4. The number of methoxy groups -OCH3 is 1. The van der Waals surface area contributed by atoms with Gasteiger partial charge in [0, 0.05) is 36.8 Å². The Morgan fingerprint density at radius 3 is 2.43 bits per heavy atom. The van der Waals surface area contributed by atoms with Crippen LogP contribution in [0.4, 0.5) is 13.2 Å². The van der Waals surface area contributed by atoms with Crippen molar-refractivity contribution >= 4 is 34.3 Å². The molecule has 2 aliphatic heterocycles. The summed E-state index contributed by atoms with van der Waals surface area (Å²) in [6.45, 7) is 4.54. The minimum Gasteiger partial charge on any atom is -0.494 e. The zero-order chi connectivity index (χ0) is 30.0. The molecule has 2 N–H and O–H groups in total. The second-order valence-electron chi connectivity index (χ2n) is 10.4. The first-order chi connectivity index (χ1) is 20.0. The summed E-state index contributed by atoms with van der Waals surface area (Å²) >= 11 is 0. The summed E-state index contributed by atoms with van der Waals surface area (Å²) in [6.07, 6.45) is -2.81. The SMILES string of the molecule is COc1ccc(C2=NN(CCCCOc3ccc(C4=NNC(=O)CC4C)cc3)C(=O)CC2C)c2nc(C(F)(F)F)[nH]c12. The summed E-state index contributed by atoms with van der Waals surface area (Å²) in [5.74, 6) is -0.723. The molecule has 0 aliphatic carbocycles. The van der Waals surface area contributed by atoms with Crippen molar-refractivity contribution < 1.29 is 32.2 Å². The summed E-state index contributed by atoms with van der Waals surface area (Å²) in [5.41, 5.74) is 5.39. The fraction of sp³-hybridized carbons (Fsp3) is 0.414. The Labute approximate surface area is 240 Å². The Balaban J connectivity index is 1.22. The number of nitrogens with one attached hydrogen (secondary N) is 2. The van der Waals surface area contributed by atoms with Gasteiger partial charge in [-0.2, -0.15) is 23.4 Å². The fourth-order valence-electron chi connectivity index (χ4n) is 5.10. The molecule has 0 bridgehead atoms. The molecule has 5 rings (SSSR count). The maximum Gasteiger partial charge on any atom is 0.449 e. The summed E-state index contributed by atoms with van der Waals surface area (Å²) in [7, 11) is 1.37. The largest absolute Gasteiger partial charge is 0.494 e. The molecule has 1 aromatic heterocycles. The summed E-state index contributed by atoms with van der Waals surface area (Å²) < 4.78 is 51.3.